The fourth-order valence-corrected chi connectivity index (χ4v) is 5.16. The van der Waals surface area contributed by atoms with Crippen molar-refractivity contribution in [2.45, 2.75) is 20.1 Å². The summed E-state index contributed by atoms with van der Waals surface area (Å²) in [5.41, 5.74) is 7.03. The van der Waals surface area contributed by atoms with Crippen LogP contribution < -0.4 is 20.8 Å². The van der Waals surface area contributed by atoms with Crippen LogP contribution in [0.2, 0.25) is 0 Å². The third-order valence-electron chi connectivity index (χ3n) is 5.53. The Balaban J connectivity index is 1.34. The molecule has 4 rings (SSSR count). The van der Waals surface area contributed by atoms with Gasteiger partial charge >= 0.3 is 13.8 Å². The highest BCUT2D eigenvalue weighted by atomic mass is 79.9. The average Bonchev–Trinajstić information content (AvgIpc) is 3.33. The lowest BCUT2D eigenvalue weighted by molar-refractivity contribution is 0.0154. The number of nitrogens with zero attached hydrogens (tertiary/aromatic N) is 3. The van der Waals surface area contributed by atoms with E-state index in [1.165, 1.54) is 19.5 Å². The topological polar surface area (TPSA) is 179 Å². The first-order valence-electron chi connectivity index (χ1n) is 12.1. The van der Waals surface area contributed by atoms with Crippen molar-refractivity contribution in [3.05, 3.63) is 74.7 Å². The number of benzene rings is 2. The van der Waals surface area contributed by atoms with Crippen LogP contribution in [0, 0.1) is 6.92 Å². The molecule has 0 fully saturated rings. The monoisotopic (exact) mass is 651 g/mol. The lowest BCUT2D eigenvalue weighted by atomic mass is 10.2. The third kappa shape index (κ3) is 8.38. The van der Waals surface area contributed by atoms with Gasteiger partial charge in [-0.05, 0) is 48.4 Å². The first-order chi connectivity index (χ1) is 19.7. The van der Waals surface area contributed by atoms with Crippen LogP contribution in [-0.2, 0) is 36.2 Å². The molecule has 0 saturated carbocycles. The zero-order chi connectivity index (χ0) is 29.4. The number of aromatic amines is 1. The van der Waals surface area contributed by atoms with Gasteiger partial charge in [0.1, 0.15) is 17.8 Å². The Labute approximate surface area is 242 Å². The Morgan fingerprint density at radius 3 is 2.78 bits per heavy atom. The van der Waals surface area contributed by atoms with Gasteiger partial charge in [0.25, 0.3) is 5.56 Å². The number of nitrogens with one attached hydrogen (secondary N) is 1. The Bertz CT molecular complexity index is 1630. The number of nitrogens with two attached hydrogens (primary N) is 1. The van der Waals surface area contributed by atoms with E-state index in [2.05, 4.69) is 30.9 Å². The number of halogens is 1. The van der Waals surface area contributed by atoms with Gasteiger partial charge in [0, 0.05) is 11.0 Å². The lowest BCUT2D eigenvalue weighted by Crippen LogP contribution is -2.15. The number of hydrogen-bond donors (Lipinski definition) is 2. The van der Waals surface area contributed by atoms with Crippen LogP contribution in [-0.4, -0.2) is 52.5 Å². The van der Waals surface area contributed by atoms with Gasteiger partial charge in [-0.2, -0.15) is 4.98 Å². The molecule has 1 unspecified atom stereocenters. The van der Waals surface area contributed by atoms with Crippen LogP contribution >= 0.6 is 23.5 Å². The maximum absolute atomic E-state index is 13.5. The van der Waals surface area contributed by atoms with Crippen molar-refractivity contribution in [1.82, 2.24) is 19.5 Å². The van der Waals surface area contributed by atoms with E-state index in [1.807, 2.05) is 6.07 Å². The Morgan fingerprint density at radius 2 is 2.02 bits per heavy atom. The summed E-state index contributed by atoms with van der Waals surface area (Å²) in [4.78, 5) is 34.6. The van der Waals surface area contributed by atoms with Crippen molar-refractivity contribution < 1.29 is 37.4 Å². The largest absolute Gasteiger partial charge is 0.515 e. The minimum absolute atomic E-state index is 0.0349. The van der Waals surface area contributed by atoms with Gasteiger partial charge in [0.2, 0.25) is 12.7 Å². The Hall–Kier alpha value is -3.75. The standard InChI is InChI=1S/C25H27BrN5O9P/c1-16-10-19(6-7-20(16)35-2)40-25(33)37-14-39-41(34,38-12-17-4-3-5-18(26)11-17)15-36-9-8-31-13-28-21-22(31)29-24(27)30-23(21)32/h3-7,10-11,13H,8-9,12,14-15H2,1-2H3,(H3,27,29,30,32). The van der Waals surface area contributed by atoms with Crippen molar-refractivity contribution in [2.75, 3.05) is 32.6 Å². The average molecular weight is 652 g/mol. The quantitative estimate of drug-likeness (QED) is 0.0687. The molecule has 1 atom stereocenters. The van der Waals surface area contributed by atoms with Gasteiger partial charge in [-0.1, -0.05) is 28.1 Å². The maximum atomic E-state index is 13.5. The predicted molar refractivity (Wildman–Crippen MR) is 151 cm³/mol. The molecule has 16 heteroatoms. The molecule has 0 saturated heterocycles. The molecule has 0 bridgehead atoms. The van der Waals surface area contributed by atoms with Crippen LogP contribution in [0.5, 0.6) is 11.5 Å². The van der Waals surface area contributed by atoms with Gasteiger partial charge in [0.15, 0.2) is 11.2 Å². The second-order valence-electron chi connectivity index (χ2n) is 8.49. The van der Waals surface area contributed by atoms with E-state index in [1.54, 1.807) is 41.8 Å². The SMILES string of the molecule is COc1ccc(OC(=O)OCOP(=O)(COCCn2cnc3c(=O)[nH]c(N)nc32)OCc2cccc(Br)c2)cc1C. The number of aromatic nitrogens is 4. The van der Waals surface area contributed by atoms with Gasteiger partial charge in [0.05, 0.1) is 26.7 Å². The minimum Gasteiger partial charge on any atom is -0.496 e. The number of ether oxygens (including phenoxy) is 4. The van der Waals surface area contributed by atoms with Crippen LogP contribution in [0.1, 0.15) is 11.1 Å². The maximum Gasteiger partial charge on any atom is 0.515 e. The number of aryl methyl sites for hydroxylation is 1. The van der Waals surface area contributed by atoms with Crippen molar-refractivity contribution in [2.24, 2.45) is 0 Å². The molecular formula is C25H27BrN5O9P. The summed E-state index contributed by atoms with van der Waals surface area (Å²) < 4.78 is 47.6. The molecule has 0 radical (unpaired) electrons. The van der Waals surface area contributed by atoms with Crippen molar-refractivity contribution >= 4 is 46.8 Å². The molecule has 0 spiro atoms. The highest BCUT2D eigenvalue weighted by Gasteiger charge is 2.27. The van der Waals surface area contributed by atoms with E-state index in [0.717, 1.165) is 15.6 Å². The highest BCUT2D eigenvalue weighted by Crippen LogP contribution is 2.49. The van der Waals surface area contributed by atoms with E-state index in [-0.39, 0.29) is 42.6 Å². The Kier molecular flexibility index (Phi) is 10.1. The molecule has 4 aromatic rings. The zero-order valence-corrected chi connectivity index (χ0v) is 24.6. The second kappa shape index (κ2) is 13.7. The second-order valence-corrected chi connectivity index (χ2v) is 11.4. The fraction of sp³-hybridized carbons (Fsp3) is 0.280. The number of carbonyl (C=O) groups excluding carboxylic acids is 1. The number of nitrogen functional groups attached to an aromatic ring is 1. The molecule has 2 heterocycles. The Morgan fingerprint density at radius 1 is 1.20 bits per heavy atom. The lowest BCUT2D eigenvalue weighted by Gasteiger charge is -2.19. The number of methoxy groups -OCH3 is 1. The molecular weight excluding hydrogens is 625 g/mol. The molecule has 0 amide bonds. The molecule has 0 aliphatic rings. The molecule has 0 aliphatic carbocycles. The van der Waals surface area contributed by atoms with E-state index in [9.17, 15) is 14.2 Å². The van der Waals surface area contributed by atoms with Crippen LogP contribution in [0.4, 0.5) is 10.7 Å². The number of rotatable bonds is 13. The van der Waals surface area contributed by atoms with Gasteiger partial charge in [-0.15, -0.1) is 0 Å². The van der Waals surface area contributed by atoms with Crippen LogP contribution in [0.15, 0.2) is 58.1 Å². The van der Waals surface area contributed by atoms with Gasteiger partial charge < -0.3 is 33.8 Å². The van der Waals surface area contributed by atoms with E-state index in [0.29, 0.717) is 5.75 Å². The molecule has 2 aromatic carbocycles. The minimum atomic E-state index is -3.93. The number of anilines is 1. The van der Waals surface area contributed by atoms with Crippen LogP contribution in [0.3, 0.4) is 0 Å². The first kappa shape index (κ1) is 30.2. The summed E-state index contributed by atoms with van der Waals surface area (Å²) in [6.45, 7) is 1.26. The summed E-state index contributed by atoms with van der Waals surface area (Å²) in [6, 6.07) is 12.0. The highest BCUT2D eigenvalue weighted by molar-refractivity contribution is 9.10. The smallest absolute Gasteiger partial charge is 0.496 e. The van der Waals surface area contributed by atoms with E-state index < -0.39 is 32.5 Å². The zero-order valence-electron chi connectivity index (χ0n) is 22.1. The fourth-order valence-electron chi connectivity index (χ4n) is 3.58. The normalized spacial score (nSPS) is 12.7. The third-order valence-corrected chi connectivity index (χ3v) is 7.54. The van der Waals surface area contributed by atoms with Crippen molar-refractivity contribution in [3.8, 4) is 11.5 Å². The molecule has 218 valence electrons. The summed E-state index contributed by atoms with van der Waals surface area (Å²) in [6.07, 6.45) is -0.109. The molecule has 41 heavy (non-hydrogen) atoms. The van der Waals surface area contributed by atoms with E-state index >= 15 is 0 Å². The number of fused-ring (bicyclic) bond motifs is 1. The molecule has 0 aliphatic heterocycles. The summed E-state index contributed by atoms with van der Waals surface area (Å²) in [5.74, 6) is 0.813. The number of hydrogen-bond acceptors (Lipinski definition) is 12. The van der Waals surface area contributed by atoms with Crippen molar-refractivity contribution in [3.63, 3.8) is 0 Å². The van der Waals surface area contributed by atoms with Gasteiger partial charge in [-0.25, -0.2) is 9.78 Å². The van der Waals surface area contributed by atoms with Crippen molar-refractivity contribution in [1.29, 1.82) is 0 Å². The number of carbonyl (C=O) groups is 1. The summed E-state index contributed by atoms with van der Waals surface area (Å²) >= 11 is 3.38. The van der Waals surface area contributed by atoms with Gasteiger partial charge in [-0.3, -0.25) is 18.9 Å². The molecule has 14 nitrogen and oxygen atoms in total. The van der Waals surface area contributed by atoms with E-state index in [4.69, 9.17) is 33.7 Å². The number of H-pyrrole nitrogens is 1. The molecule has 2 aromatic heterocycles. The first-order valence-corrected chi connectivity index (χ1v) is 14.6. The van der Waals surface area contributed by atoms with Crippen LogP contribution in [0.25, 0.3) is 11.2 Å². The molecule has 3 N–H and O–H groups in total. The predicted octanol–water partition coefficient (Wildman–Crippen LogP) is 4.36. The number of imidazole rings is 1. The summed E-state index contributed by atoms with van der Waals surface area (Å²) in [5, 5.41) is 0. The summed E-state index contributed by atoms with van der Waals surface area (Å²) in [7, 11) is -2.40.